The molecule has 3 aromatic rings. The Labute approximate surface area is 118 Å². The van der Waals surface area contributed by atoms with Crippen LogP contribution in [0.2, 0.25) is 0 Å². The van der Waals surface area contributed by atoms with Gasteiger partial charge in [-0.3, -0.25) is 0 Å². The molecule has 0 saturated carbocycles. The van der Waals surface area contributed by atoms with Gasteiger partial charge in [-0.05, 0) is 29.1 Å². The molecule has 0 aliphatic carbocycles. The minimum Gasteiger partial charge on any atom is -0.495 e. The van der Waals surface area contributed by atoms with E-state index in [0.717, 1.165) is 10.4 Å². The van der Waals surface area contributed by atoms with E-state index in [1.807, 2.05) is 11.4 Å². The molecule has 0 radical (unpaired) electrons. The van der Waals surface area contributed by atoms with Crippen LogP contribution in [0.3, 0.4) is 0 Å². The van der Waals surface area contributed by atoms with Crippen LogP contribution in [-0.2, 0) is 0 Å². The van der Waals surface area contributed by atoms with Gasteiger partial charge in [0.2, 0.25) is 5.88 Å². The van der Waals surface area contributed by atoms with Gasteiger partial charge in [0.1, 0.15) is 17.3 Å². The number of nitrogens with two attached hydrogens (primary N) is 1. The van der Waals surface area contributed by atoms with Gasteiger partial charge in [-0.1, -0.05) is 17.3 Å². The molecule has 102 valence electrons. The molecule has 2 N–H and O–H groups in total. The lowest BCUT2D eigenvalue weighted by Crippen LogP contribution is -1.88. The summed E-state index contributed by atoms with van der Waals surface area (Å²) in [7, 11) is 1.59. The first-order valence-electron chi connectivity index (χ1n) is 5.83. The molecule has 0 fully saturated rings. The molecular weight excluding hydrogens is 279 g/mol. The Balaban J connectivity index is 2.17. The smallest absolute Gasteiger partial charge is 0.230 e. The van der Waals surface area contributed by atoms with Crippen LogP contribution in [0.15, 0.2) is 40.2 Å². The number of ether oxygens (including phenoxy) is 1. The molecular formula is C14H11FN2O2S. The Morgan fingerprint density at radius 1 is 1.25 bits per heavy atom. The number of hydrogen-bond donors (Lipinski definition) is 1. The van der Waals surface area contributed by atoms with E-state index in [-0.39, 0.29) is 11.7 Å². The number of methoxy groups -OCH3 is 1. The Kier molecular flexibility index (Phi) is 3.15. The zero-order chi connectivity index (χ0) is 14.1. The van der Waals surface area contributed by atoms with E-state index in [4.69, 9.17) is 15.0 Å². The molecule has 2 heterocycles. The van der Waals surface area contributed by atoms with Crippen molar-refractivity contribution in [3.8, 4) is 27.4 Å². The highest BCUT2D eigenvalue weighted by molar-refractivity contribution is 7.14. The fourth-order valence-corrected chi connectivity index (χ4v) is 2.83. The second-order valence-corrected chi connectivity index (χ2v) is 5.01. The minimum atomic E-state index is -0.306. The number of benzene rings is 1. The Morgan fingerprint density at radius 3 is 2.70 bits per heavy atom. The lowest BCUT2D eigenvalue weighted by atomic mass is 10.0. The van der Waals surface area contributed by atoms with Crippen molar-refractivity contribution in [1.29, 1.82) is 0 Å². The molecule has 3 rings (SSSR count). The van der Waals surface area contributed by atoms with Gasteiger partial charge in [0.15, 0.2) is 0 Å². The average molecular weight is 290 g/mol. The number of hydrogen-bond acceptors (Lipinski definition) is 5. The number of nitrogen functional groups attached to an aromatic ring is 1. The van der Waals surface area contributed by atoms with Gasteiger partial charge < -0.3 is 15.0 Å². The predicted octanol–water partition coefficient (Wildman–Crippen LogP) is 3.80. The third kappa shape index (κ3) is 2.04. The highest BCUT2D eigenvalue weighted by Gasteiger charge is 2.21. The van der Waals surface area contributed by atoms with E-state index in [1.165, 1.54) is 23.5 Å². The first-order chi connectivity index (χ1) is 9.70. The molecule has 0 aliphatic rings. The molecule has 20 heavy (non-hydrogen) atoms. The first kappa shape index (κ1) is 12.7. The molecule has 6 heteroatoms. The average Bonchev–Trinajstić information content (AvgIpc) is 3.05. The molecule has 0 amide bonds. The molecule has 0 spiro atoms. The maximum absolute atomic E-state index is 13.0. The topological polar surface area (TPSA) is 61.3 Å². The second kappa shape index (κ2) is 4.97. The summed E-state index contributed by atoms with van der Waals surface area (Å²) >= 11 is 1.48. The van der Waals surface area contributed by atoms with Gasteiger partial charge in [0.25, 0.3) is 0 Å². The normalized spacial score (nSPS) is 10.7. The quantitative estimate of drug-likeness (QED) is 0.797. The van der Waals surface area contributed by atoms with Crippen molar-refractivity contribution in [2.75, 3.05) is 12.8 Å². The Morgan fingerprint density at radius 2 is 2.00 bits per heavy atom. The summed E-state index contributed by atoms with van der Waals surface area (Å²) in [6, 6.07) is 7.87. The van der Waals surface area contributed by atoms with Gasteiger partial charge in [0, 0.05) is 0 Å². The van der Waals surface area contributed by atoms with Crippen LogP contribution >= 0.6 is 11.3 Å². The summed E-state index contributed by atoms with van der Waals surface area (Å²) < 4.78 is 23.4. The van der Waals surface area contributed by atoms with Crippen molar-refractivity contribution in [1.82, 2.24) is 5.16 Å². The number of anilines is 1. The van der Waals surface area contributed by atoms with Crippen molar-refractivity contribution in [2.24, 2.45) is 0 Å². The molecule has 0 atom stereocenters. The van der Waals surface area contributed by atoms with E-state index in [0.29, 0.717) is 17.0 Å². The third-order valence-corrected chi connectivity index (χ3v) is 3.82. The summed E-state index contributed by atoms with van der Waals surface area (Å²) in [5.74, 6) is 0.591. The number of thiophene rings is 1. The second-order valence-electron chi connectivity index (χ2n) is 4.10. The van der Waals surface area contributed by atoms with Gasteiger partial charge in [-0.25, -0.2) is 4.39 Å². The van der Waals surface area contributed by atoms with E-state index < -0.39 is 0 Å². The maximum atomic E-state index is 13.0. The fourth-order valence-electron chi connectivity index (χ4n) is 1.98. The number of halogens is 1. The van der Waals surface area contributed by atoms with Crippen LogP contribution in [-0.4, -0.2) is 12.3 Å². The van der Waals surface area contributed by atoms with Crippen molar-refractivity contribution in [3.63, 3.8) is 0 Å². The summed E-state index contributed by atoms with van der Waals surface area (Å²) in [5.41, 5.74) is 7.84. The van der Waals surface area contributed by atoms with Crippen LogP contribution in [0.25, 0.3) is 21.7 Å². The van der Waals surface area contributed by atoms with Crippen molar-refractivity contribution in [3.05, 3.63) is 41.5 Å². The molecule has 0 aliphatic heterocycles. The zero-order valence-electron chi connectivity index (χ0n) is 10.6. The van der Waals surface area contributed by atoms with Crippen LogP contribution < -0.4 is 10.5 Å². The van der Waals surface area contributed by atoms with Crippen LogP contribution in [0, 0.1) is 5.82 Å². The summed E-state index contributed by atoms with van der Waals surface area (Å²) in [6.45, 7) is 0. The Hall–Kier alpha value is -2.34. The lowest BCUT2D eigenvalue weighted by Gasteiger charge is -2.03. The maximum Gasteiger partial charge on any atom is 0.230 e. The summed E-state index contributed by atoms with van der Waals surface area (Å²) in [6.07, 6.45) is 0. The molecule has 0 unspecified atom stereocenters. The SMILES string of the molecule is COc1ccsc1-c1noc(N)c1-c1ccc(F)cc1. The first-order valence-corrected chi connectivity index (χ1v) is 6.71. The van der Waals surface area contributed by atoms with E-state index in [2.05, 4.69) is 5.16 Å². The lowest BCUT2D eigenvalue weighted by molar-refractivity contribution is 0.416. The summed E-state index contributed by atoms with van der Waals surface area (Å²) in [4.78, 5) is 0.826. The van der Waals surface area contributed by atoms with Crippen molar-refractivity contribution in [2.45, 2.75) is 0 Å². The van der Waals surface area contributed by atoms with E-state index in [9.17, 15) is 4.39 Å². The molecule has 1 aromatic carbocycles. The molecule has 0 saturated heterocycles. The number of rotatable bonds is 3. The zero-order valence-corrected chi connectivity index (χ0v) is 11.4. The number of aromatic nitrogens is 1. The summed E-state index contributed by atoms with van der Waals surface area (Å²) in [5, 5.41) is 5.90. The van der Waals surface area contributed by atoms with Gasteiger partial charge >= 0.3 is 0 Å². The van der Waals surface area contributed by atoms with Crippen LogP contribution in [0.5, 0.6) is 5.75 Å². The largest absolute Gasteiger partial charge is 0.495 e. The van der Waals surface area contributed by atoms with Crippen molar-refractivity contribution >= 4 is 17.2 Å². The van der Waals surface area contributed by atoms with Gasteiger partial charge in [0.05, 0.1) is 17.6 Å². The minimum absolute atomic E-state index is 0.196. The highest BCUT2D eigenvalue weighted by Crippen LogP contribution is 2.42. The van der Waals surface area contributed by atoms with Crippen LogP contribution in [0.1, 0.15) is 0 Å². The number of nitrogens with zero attached hydrogens (tertiary/aromatic N) is 1. The van der Waals surface area contributed by atoms with E-state index >= 15 is 0 Å². The van der Waals surface area contributed by atoms with Crippen LogP contribution in [0.4, 0.5) is 10.3 Å². The fraction of sp³-hybridized carbons (Fsp3) is 0.0714. The third-order valence-electron chi connectivity index (χ3n) is 2.92. The monoisotopic (exact) mass is 290 g/mol. The van der Waals surface area contributed by atoms with Gasteiger partial charge in [-0.15, -0.1) is 11.3 Å². The molecule has 2 aromatic heterocycles. The standard InChI is InChI=1S/C14H11FN2O2S/c1-18-10-6-7-20-13(10)12-11(14(16)19-17-12)8-2-4-9(15)5-3-8/h2-7H,16H2,1H3. The Bertz CT molecular complexity index is 734. The molecule has 0 bridgehead atoms. The predicted molar refractivity (Wildman–Crippen MR) is 76.2 cm³/mol. The highest BCUT2D eigenvalue weighted by atomic mass is 32.1. The van der Waals surface area contributed by atoms with Gasteiger partial charge in [-0.2, -0.15) is 0 Å². The van der Waals surface area contributed by atoms with Crippen molar-refractivity contribution < 1.29 is 13.7 Å². The van der Waals surface area contributed by atoms with E-state index in [1.54, 1.807) is 19.2 Å². The molecule has 4 nitrogen and oxygen atoms in total.